The normalized spacial score (nSPS) is 20.7. The quantitative estimate of drug-likeness (QED) is 0.237. The highest BCUT2D eigenvalue weighted by atomic mass is 127. The van der Waals surface area contributed by atoms with Gasteiger partial charge in [-0.3, -0.25) is 15.1 Å². The molecular formula is C15H23IN4O2S. The molecule has 0 heterocycles. The van der Waals surface area contributed by atoms with Crippen LogP contribution in [0.3, 0.4) is 0 Å². The summed E-state index contributed by atoms with van der Waals surface area (Å²) in [6, 6.07) is 7.04. The molecule has 0 bridgehead atoms. The molecule has 0 radical (unpaired) electrons. The van der Waals surface area contributed by atoms with Gasteiger partial charge < -0.3 is 10.6 Å². The minimum absolute atomic E-state index is 0. The van der Waals surface area contributed by atoms with E-state index in [-0.39, 0.29) is 34.6 Å². The second-order valence-corrected chi connectivity index (χ2v) is 6.50. The summed E-state index contributed by atoms with van der Waals surface area (Å²) in [6.45, 7) is 0.594. The Morgan fingerprint density at radius 3 is 2.61 bits per heavy atom. The number of hydrogen-bond donors (Lipinski definition) is 2. The molecule has 0 aromatic heterocycles. The number of guanidine groups is 1. The van der Waals surface area contributed by atoms with Crippen LogP contribution >= 0.6 is 35.7 Å². The molecule has 1 aromatic rings. The summed E-state index contributed by atoms with van der Waals surface area (Å²) in [5.41, 5.74) is 1.10. The molecule has 2 atom stereocenters. The Morgan fingerprint density at radius 1 is 1.39 bits per heavy atom. The lowest BCUT2D eigenvalue weighted by Crippen LogP contribution is -2.42. The van der Waals surface area contributed by atoms with E-state index in [0.29, 0.717) is 12.6 Å². The van der Waals surface area contributed by atoms with Crippen molar-refractivity contribution in [3.63, 3.8) is 0 Å². The Morgan fingerprint density at radius 2 is 2.09 bits per heavy atom. The molecule has 2 rings (SSSR count). The zero-order valence-corrected chi connectivity index (χ0v) is 16.5. The Hall–Kier alpha value is -1.03. The Bertz CT molecular complexity index is 539. The lowest BCUT2D eigenvalue weighted by Gasteiger charge is -2.17. The second kappa shape index (κ2) is 9.96. The molecule has 23 heavy (non-hydrogen) atoms. The average molecular weight is 450 g/mol. The van der Waals surface area contributed by atoms with Gasteiger partial charge in [0, 0.05) is 37.0 Å². The number of aliphatic imine (C=N–C) groups is 1. The Labute approximate surface area is 158 Å². The van der Waals surface area contributed by atoms with E-state index < -0.39 is 0 Å². The van der Waals surface area contributed by atoms with Crippen LogP contribution in [0, 0.1) is 10.1 Å². The van der Waals surface area contributed by atoms with E-state index >= 15 is 0 Å². The van der Waals surface area contributed by atoms with Gasteiger partial charge in [0.1, 0.15) is 0 Å². The second-order valence-electron chi connectivity index (χ2n) is 5.36. The van der Waals surface area contributed by atoms with Gasteiger partial charge in [-0.25, -0.2) is 0 Å². The molecule has 0 amide bonds. The monoisotopic (exact) mass is 450 g/mol. The fourth-order valence-electron chi connectivity index (χ4n) is 2.59. The zero-order chi connectivity index (χ0) is 15.9. The van der Waals surface area contributed by atoms with Crippen LogP contribution in [0.1, 0.15) is 24.8 Å². The third-order valence-electron chi connectivity index (χ3n) is 3.89. The third-order valence-corrected chi connectivity index (χ3v) is 4.98. The van der Waals surface area contributed by atoms with Crippen molar-refractivity contribution in [1.29, 1.82) is 0 Å². The number of halogens is 1. The van der Waals surface area contributed by atoms with E-state index in [9.17, 15) is 10.1 Å². The molecule has 1 fully saturated rings. The smallest absolute Gasteiger partial charge is 0.269 e. The average Bonchev–Trinajstić information content (AvgIpc) is 2.99. The van der Waals surface area contributed by atoms with Gasteiger partial charge in [0.25, 0.3) is 5.69 Å². The topological polar surface area (TPSA) is 79.6 Å². The SMILES string of the molecule is CN=C(NCc1ccc([N+](=O)[O-])cc1)NC1CCC(SC)C1.I. The van der Waals surface area contributed by atoms with Gasteiger partial charge in [0.2, 0.25) is 0 Å². The van der Waals surface area contributed by atoms with Gasteiger partial charge in [0.05, 0.1) is 4.92 Å². The molecule has 0 aliphatic heterocycles. The number of nitrogens with zero attached hydrogens (tertiary/aromatic N) is 2. The summed E-state index contributed by atoms with van der Waals surface area (Å²) in [7, 11) is 1.76. The molecule has 0 saturated heterocycles. The lowest BCUT2D eigenvalue weighted by atomic mass is 10.2. The highest BCUT2D eigenvalue weighted by Gasteiger charge is 2.24. The van der Waals surface area contributed by atoms with Crippen LogP contribution in [0.4, 0.5) is 5.69 Å². The first-order valence-corrected chi connectivity index (χ1v) is 8.64. The van der Waals surface area contributed by atoms with Crippen molar-refractivity contribution in [2.75, 3.05) is 13.3 Å². The molecule has 0 spiro atoms. The highest BCUT2D eigenvalue weighted by molar-refractivity contribution is 14.0. The van der Waals surface area contributed by atoms with E-state index in [1.807, 2.05) is 11.8 Å². The lowest BCUT2D eigenvalue weighted by molar-refractivity contribution is -0.384. The number of nitrogens with one attached hydrogen (secondary N) is 2. The van der Waals surface area contributed by atoms with Crippen molar-refractivity contribution in [3.05, 3.63) is 39.9 Å². The third kappa shape index (κ3) is 6.17. The van der Waals surface area contributed by atoms with E-state index in [1.165, 1.54) is 31.4 Å². The van der Waals surface area contributed by atoms with Crippen LogP contribution in [0.5, 0.6) is 0 Å². The van der Waals surface area contributed by atoms with Crippen LogP contribution in [0.25, 0.3) is 0 Å². The van der Waals surface area contributed by atoms with Gasteiger partial charge in [-0.1, -0.05) is 12.1 Å². The maximum atomic E-state index is 10.6. The van der Waals surface area contributed by atoms with Gasteiger partial charge in [-0.05, 0) is 31.1 Å². The van der Waals surface area contributed by atoms with Crippen LogP contribution in [-0.4, -0.2) is 35.5 Å². The molecule has 1 aliphatic carbocycles. The predicted octanol–water partition coefficient (Wildman–Crippen LogP) is 3.16. The number of thioether (sulfide) groups is 1. The van der Waals surface area contributed by atoms with E-state index in [2.05, 4.69) is 21.9 Å². The summed E-state index contributed by atoms with van der Waals surface area (Å²) >= 11 is 1.93. The first-order valence-electron chi connectivity index (χ1n) is 7.35. The Balaban J connectivity index is 0.00000264. The molecule has 6 nitrogen and oxygen atoms in total. The standard InChI is InChI=1S/C15H22N4O2S.HI/c1-16-15(18-12-5-8-14(9-12)22-2)17-10-11-3-6-13(7-4-11)19(20)21;/h3-4,6-7,12,14H,5,8-10H2,1-2H3,(H2,16,17,18);1H. The van der Waals surface area contributed by atoms with Crippen molar-refractivity contribution in [1.82, 2.24) is 10.6 Å². The molecular weight excluding hydrogens is 427 g/mol. The number of non-ortho nitro benzene ring substituents is 1. The Kier molecular flexibility index (Phi) is 8.67. The van der Waals surface area contributed by atoms with E-state index in [0.717, 1.165) is 16.8 Å². The molecule has 1 saturated carbocycles. The van der Waals surface area contributed by atoms with Gasteiger partial charge >= 0.3 is 0 Å². The maximum absolute atomic E-state index is 10.6. The van der Waals surface area contributed by atoms with Crippen molar-refractivity contribution >= 4 is 47.4 Å². The molecule has 8 heteroatoms. The number of hydrogen-bond acceptors (Lipinski definition) is 4. The maximum Gasteiger partial charge on any atom is 0.269 e. The van der Waals surface area contributed by atoms with Crippen LogP contribution in [0.15, 0.2) is 29.3 Å². The minimum Gasteiger partial charge on any atom is -0.354 e. The number of benzene rings is 1. The number of rotatable bonds is 5. The molecule has 2 unspecified atom stereocenters. The van der Waals surface area contributed by atoms with E-state index in [4.69, 9.17) is 0 Å². The molecule has 128 valence electrons. The largest absolute Gasteiger partial charge is 0.354 e. The number of nitro benzene ring substituents is 1. The van der Waals surface area contributed by atoms with Gasteiger partial charge in [-0.2, -0.15) is 11.8 Å². The molecule has 2 N–H and O–H groups in total. The van der Waals surface area contributed by atoms with Crippen molar-refractivity contribution in [3.8, 4) is 0 Å². The summed E-state index contributed by atoms with van der Waals surface area (Å²) < 4.78 is 0. The highest BCUT2D eigenvalue weighted by Crippen LogP contribution is 2.28. The van der Waals surface area contributed by atoms with Crippen LogP contribution in [0.2, 0.25) is 0 Å². The summed E-state index contributed by atoms with van der Waals surface area (Å²) in [5.74, 6) is 0.783. The molecule has 1 aromatic carbocycles. The predicted molar refractivity (Wildman–Crippen MR) is 107 cm³/mol. The van der Waals surface area contributed by atoms with Crippen molar-refractivity contribution in [2.45, 2.75) is 37.1 Å². The van der Waals surface area contributed by atoms with Gasteiger partial charge in [0.15, 0.2) is 5.96 Å². The first-order chi connectivity index (χ1) is 10.6. The van der Waals surface area contributed by atoms with Gasteiger partial charge in [-0.15, -0.1) is 24.0 Å². The number of nitro groups is 1. The fourth-order valence-corrected chi connectivity index (χ4v) is 3.39. The zero-order valence-electron chi connectivity index (χ0n) is 13.3. The minimum atomic E-state index is -0.389. The summed E-state index contributed by atoms with van der Waals surface area (Å²) in [6.07, 6.45) is 5.75. The van der Waals surface area contributed by atoms with Crippen LogP contribution in [-0.2, 0) is 6.54 Å². The van der Waals surface area contributed by atoms with E-state index in [1.54, 1.807) is 19.2 Å². The van der Waals surface area contributed by atoms with Crippen molar-refractivity contribution in [2.24, 2.45) is 4.99 Å². The molecule has 1 aliphatic rings. The summed E-state index contributed by atoms with van der Waals surface area (Å²) in [5, 5.41) is 18.1. The fraction of sp³-hybridized carbons (Fsp3) is 0.533. The first kappa shape index (κ1) is 20.0. The van der Waals surface area contributed by atoms with Crippen molar-refractivity contribution < 1.29 is 4.92 Å². The summed E-state index contributed by atoms with van der Waals surface area (Å²) in [4.78, 5) is 14.5. The van der Waals surface area contributed by atoms with Crippen LogP contribution < -0.4 is 10.6 Å².